The second-order valence-corrected chi connectivity index (χ2v) is 8.54. The lowest BCUT2D eigenvalue weighted by molar-refractivity contribution is -0.115. The van der Waals surface area contributed by atoms with Crippen LogP contribution in [0.5, 0.6) is 0 Å². The van der Waals surface area contributed by atoms with E-state index in [0.29, 0.717) is 11.3 Å². The Morgan fingerprint density at radius 1 is 0.935 bits per heavy atom. The van der Waals surface area contributed by atoms with E-state index in [1.165, 1.54) is 6.08 Å². The van der Waals surface area contributed by atoms with Crippen molar-refractivity contribution in [1.82, 2.24) is 10.6 Å². The van der Waals surface area contributed by atoms with Gasteiger partial charge in [0.2, 0.25) is 5.91 Å². The molecule has 0 atom stereocenters. The summed E-state index contributed by atoms with van der Waals surface area (Å²) in [6.07, 6.45) is 3.21. The number of anilines is 1. The number of fused-ring (bicyclic) bond motifs is 1. The van der Waals surface area contributed by atoms with Gasteiger partial charge in [0.05, 0.1) is 0 Å². The van der Waals surface area contributed by atoms with Crippen LogP contribution < -0.4 is 16.0 Å². The standard InChI is InChI=1S/C25H25N3O2S/c1-25(2,3)28-23(30)19-11-7-12-20(16-19)26-24(31)27-22(29)15-14-18-10-6-9-17-8-4-5-13-21(17)18/h4-16H,1-3H3,(H,28,30)(H2,26,27,29,31)/b15-14+. The predicted molar refractivity (Wildman–Crippen MR) is 131 cm³/mol. The highest BCUT2D eigenvalue weighted by Crippen LogP contribution is 2.19. The first kappa shape index (κ1) is 22.2. The molecule has 3 aromatic carbocycles. The highest BCUT2D eigenvalue weighted by atomic mass is 32.1. The van der Waals surface area contributed by atoms with Crippen molar-refractivity contribution >= 4 is 51.7 Å². The molecule has 0 unspecified atom stereocenters. The fraction of sp³-hybridized carbons (Fsp3) is 0.160. The third-order valence-corrected chi connectivity index (χ3v) is 4.55. The van der Waals surface area contributed by atoms with E-state index in [1.54, 1.807) is 30.3 Å². The Morgan fingerprint density at radius 3 is 2.42 bits per heavy atom. The summed E-state index contributed by atoms with van der Waals surface area (Å²) >= 11 is 5.24. The Bertz CT molecular complexity index is 1160. The minimum atomic E-state index is -0.341. The van der Waals surface area contributed by atoms with E-state index < -0.39 is 0 Å². The van der Waals surface area contributed by atoms with Crippen molar-refractivity contribution in [1.29, 1.82) is 0 Å². The van der Waals surface area contributed by atoms with Crippen molar-refractivity contribution in [2.45, 2.75) is 26.3 Å². The third kappa shape index (κ3) is 6.49. The number of nitrogens with one attached hydrogen (secondary N) is 3. The number of hydrogen-bond donors (Lipinski definition) is 3. The number of thiocarbonyl (C=S) groups is 1. The highest BCUT2D eigenvalue weighted by molar-refractivity contribution is 7.80. The summed E-state index contributed by atoms with van der Waals surface area (Å²) in [5, 5.41) is 10.8. The summed E-state index contributed by atoms with van der Waals surface area (Å²) in [6, 6.07) is 20.9. The van der Waals surface area contributed by atoms with Gasteiger partial charge in [-0.2, -0.15) is 0 Å². The Morgan fingerprint density at radius 2 is 1.65 bits per heavy atom. The van der Waals surface area contributed by atoms with E-state index in [0.717, 1.165) is 16.3 Å². The fourth-order valence-corrected chi connectivity index (χ4v) is 3.25. The summed E-state index contributed by atoms with van der Waals surface area (Å²) in [5.74, 6) is -0.517. The molecule has 0 radical (unpaired) electrons. The average molecular weight is 432 g/mol. The van der Waals surface area contributed by atoms with E-state index in [9.17, 15) is 9.59 Å². The number of rotatable bonds is 4. The molecule has 31 heavy (non-hydrogen) atoms. The van der Waals surface area contributed by atoms with Gasteiger partial charge in [-0.15, -0.1) is 0 Å². The van der Waals surface area contributed by atoms with Crippen LogP contribution in [0, 0.1) is 0 Å². The molecule has 6 heteroatoms. The zero-order valence-electron chi connectivity index (χ0n) is 17.7. The van der Waals surface area contributed by atoms with Crippen LogP contribution in [0.3, 0.4) is 0 Å². The molecule has 0 bridgehead atoms. The maximum Gasteiger partial charge on any atom is 0.251 e. The topological polar surface area (TPSA) is 70.2 Å². The predicted octanol–water partition coefficient (Wildman–Crippen LogP) is 4.89. The molecule has 0 fully saturated rings. The summed E-state index contributed by atoms with van der Waals surface area (Å²) in [4.78, 5) is 24.6. The second-order valence-electron chi connectivity index (χ2n) is 8.13. The van der Waals surface area contributed by atoms with Crippen LogP contribution in [-0.2, 0) is 4.79 Å². The average Bonchev–Trinajstić information content (AvgIpc) is 2.71. The fourth-order valence-electron chi connectivity index (χ4n) is 3.03. The molecular weight excluding hydrogens is 406 g/mol. The number of hydrogen-bond acceptors (Lipinski definition) is 3. The van der Waals surface area contributed by atoms with Gasteiger partial charge in [-0.1, -0.05) is 48.5 Å². The van der Waals surface area contributed by atoms with Gasteiger partial charge < -0.3 is 10.6 Å². The van der Waals surface area contributed by atoms with Crippen molar-refractivity contribution in [2.75, 3.05) is 5.32 Å². The number of amides is 2. The third-order valence-electron chi connectivity index (χ3n) is 4.35. The first-order valence-corrected chi connectivity index (χ1v) is 10.3. The zero-order valence-corrected chi connectivity index (χ0v) is 18.5. The van der Waals surface area contributed by atoms with Crippen LogP contribution in [0.25, 0.3) is 16.8 Å². The van der Waals surface area contributed by atoms with Gasteiger partial charge in [-0.3, -0.25) is 14.9 Å². The lowest BCUT2D eigenvalue weighted by Crippen LogP contribution is -2.40. The van der Waals surface area contributed by atoms with Gasteiger partial charge in [0.1, 0.15) is 0 Å². The molecule has 0 aromatic heterocycles. The summed E-state index contributed by atoms with van der Waals surface area (Å²) in [6.45, 7) is 5.76. The van der Waals surface area contributed by atoms with E-state index in [2.05, 4.69) is 16.0 Å². The number of carbonyl (C=O) groups is 2. The SMILES string of the molecule is CC(C)(C)NC(=O)c1cccc(NC(=S)NC(=O)/C=C/c2cccc3ccccc23)c1. The van der Waals surface area contributed by atoms with Gasteiger partial charge in [-0.25, -0.2) is 0 Å². The molecule has 0 aliphatic rings. The van der Waals surface area contributed by atoms with Gasteiger partial charge >= 0.3 is 0 Å². The van der Waals surface area contributed by atoms with E-state index in [4.69, 9.17) is 12.2 Å². The normalized spacial score (nSPS) is 11.3. The largest absolute Gasteiger partial charge is 0.347 e. The zero-order chi connectivity index (χ0) is 22.4. The Labute approximate surface area is 187 Å². The van der Waals surface area contributed by atoms with Gasteiger partial charge in [-0.05, 0) is 73.6 Å². The first-order valence-electron chi connectivity index (χ1n) is 9.92. The van der Waals surface area contributed by atoms with E-state index >= 15 is 0 Å². The van der Waals surface area contributed by atoms with Crippen molar-refractivity contribution < 1.29 is 9.59 Å². The lowest BCUT2D eigenvalue weighted by Gasteiger charge is -2.20. The van der Waals surface area contributed by atoms with Crippen molar-refractivity contribution in [3.8, 4) is 0 Å². The molecule has 5 nitrogen and oxygen atoms in total. The van der Waals surface area contributed by atoms with Crippen LogP contribution in [0.15, 0.2) is 72.8 Å². The van der Waals surface area contributed by atoms with E-state index in [-0.39, 0.29) is 22.5 Å². The van der Waals surface area contributed by atoms with Crippen LogP contribution >= 0.6 is 12.2 Å². The quantitative estimate of drug-likeness (QED) is 0.406. The Kier molecular flexibility index (Phi) is 6.82. The first-order chi connectivity index (χ1) is 14.7. The molecule has 3 N–H and O–H groups in total. The highest BCUT2D eigenvalue weighted by Gasteiger charge is 2.15. The summed E-state index contributed by atoms with van der Waals surface area (Å²) in [7, 11) is 0. The van der Waals surface area contributed by atoms with Crippen LogP contribution in [0.2, 0.25) is 0 Å². The minimum Gasteiger partial charge on any atom is -0.347 e. The molecule has 0 heterocycles. The van der Waals surface area contributed by atoms with E-state index in [1.807, 2.05) is 63.2 Å². The number of carbonyl (C=O) groups excluding carboxylic acids is 2. The smallest absolute Gasteiger partial charge is 0.251 e. The minimum absolute atomic E-state index is 0.154. The Hall–Kier alpha value is -3.51. The van der Waals surface area contributed by atoms with Crippen LogP contribution in [-0.4, -0.2) is 22.5 Å². The molecule has 3 rings (SSSR count). The van der Waals surface area contributed by atoms with Gasteiger partial charge in [0.15, 0.2) is 5.11 Å². The van der Waals surface area contributed by atoms with Crippen molar-refractivity contribution in [3.05, 3.63) is 83.9 Å². The molecule has 0 aliphatic heterocycles. The molecule has 0 spiro atoms. The lowest BCUT2D eigenvalue weighted by atomic mass is 10.0. The maximum atomic E-state index is 12.3. The van der Waals surface area contributed by atoms with Crippen LogP contribution in [0.1, 0.15) is 36.7 Å². The van der Waals surface area contributed by atoms with Gasteiger partial charge in [0.25, 0.3) is 5.91 Å². The molecule has 3 aromatic rings. The summed E-state index contributed by atoms with van der Waals surface area (Å²) in [5.41, 5.74) is 1.74. The summed E-state index contributed by atoms with van der Waals surface area (Å²) < 4.78 is 0. The maximum absolute atomic E-state index is 12.3. The van der Waals surface area contributed by atoms with Gasteiger partial charge in [0, 0.05) is 22.9 Å². The Balaban J connectivity index is 1.62. The molecule has 0 saturated heterocycles. The van der Waals surface area contributed by atoms with Crippen molar-refractivity contribution in [2.24, 2.45) is 0 Å². The molecule has 0 aliphatic carbocycles. The molecule has 0 saturated carbocycles. The molecule has 2 amide bonds. The second kappa shape index (κ2) is 9.53. The number of benzene rings is 3. The monoisotopic (exact) mass is 431 g/mol. The molecular formula is C25H25N3O2S. The van der Waals surface area contributed by atoms with Crippen molar-refractivity contribution in [3.63, 3.8) is 0 Å². The van der Waals surface area contributed by atoms with Crippen LogP contribution in [0.4, 0.5) is 5.69 Å². The molecule has 158 valence electrons.